The van der Waals surface area contributed by atoms with Gasteiger partial charge in [0.05, 0.1) is 16.2 Å². The average molecular weight is 338 g/mol. The van der Waals surface area contributed by atoms with Gasteiger partial charge in [-0.2, -0.15) is 5.26 Å². The normalized spacial score (nSPS) is 9.96. The van der Waals surface area contributed by atoms with Gasteiger partial charge in [-0.1, -0.05) is 12.1 Å². The minimum absolute atomic E-state index is 0.0584. The number of nitrogens with one attached hydrogen (secondary N) is 1. The number of carbonyl (C=O) groups is 1. The van der Waals surface area contributed by atoms with E-state index in [0.29, 0.717) is 24.2 Å². The van der Waals surface area contributed by atoms with E-state index in [0.717, 1.165) is 5.56 Å². The second kappa shape index (κ2) is 7.93. The monoisotopic (exact) mass is 338 g/mol. The second-order valence-electron chi connectivity index (χ2n) is 5.68. The van der Waals surface area contributed by atoms with Gasteiger partial charge in [-0.25, -0.2) is 0 Å². The van der Waals surface area contributed by atoms with Gasteiger partial charge in [0, 0.05) is 38.3 Å². The van der Waals surface area contributed by atoms with Gasteiger partial charge in [0.1, 0.15) is 6.07 Å². The largest absolute Gasteiger partial charge is 0.384 e. The Morgan fingerprint density at radius 2 is 2.04 bits per heavy atom. The molecule has 0 heterocycles. The molecule has 0 aliphatic heterocycles. The van der Waals surface area contributed by atoms with Crippen LogP contribution in [0.1, 0.15) is 21.5 Å². The van der Waals surface area contributed by atoms with Crippen LogP contribution in [0.3, 0.4) is 0 Å². The first-order valence-electron chi connectivity index (χ1n) is 7.65. The van der Waals surface area contributed by atoms with Crippen LogP contribution >= 0.6 is 0 Å². The molecule has 0 saturated carbocycles. The number of hydrogen-bond acceptors (Lipinski definition) is 5. The number of benzene rings is 2. The molecule has 0 aliphatic carbocycles. The van der Waals surface area contributed by atoms with Crippen molar-refractivity contribution in [2.75, 3.05) is 26.0 Å². The predicted molar refractivity (Wildman–Crippen MR) is 94.5 cm³/mol. The summed E-state index contributed by atoms with van der Waals surface area (Å²) in [5.74, 6) is -0.0584. The highest BCUT2D eigenvalue weighted by molar-refractivity contribution is 5.94. The van der Waals surface area contributed by atoms with E-state index in [1.54, 1.807) is 20.2 Å². The number of nitriles is 1. The number of carbonyl (C=O) groups excluding carboxylic acids is 1. The molecule has 0 saturated heterocycles. The molecule has 0 spiro atoms. The molecular formula is C18H18N4O3. The van der Waals surface area contributed by atoms with Crippen LogP contribution in [-0.4, -0.2) is 36.4 Å². The zero-order valence-corrected chi connectivity index (χ0v) is 14.0. The molecule has 2 aromatic carbocycles. The van der Waals surface area contributed by atoms with Gasteiger partial charge in [-0.3, -0.25) is 14.9 Å². The van der Waals surface area contributed by atoms with Crippen LogP contribution in [0, 0.1) is 21.4 Å². The van der Waals surface area contributed by atoms with Crippen LogP contribution < -0.4 is 5.32 Å². The highest BCUT2D eigenvalue weighted by Gasteiger charge is 2.11. The number of rotatable bonds is 6. The molecule has 0 radical (unpaired) electrons. The fraction of sp³-hybridized carbons (Fsp3) is 0.222. The minimum Gasteiger partial charge on any atom is -0.384 e. The molecule has 0 bridgehead atoms. The lowest BCUT2D eigenvalue weighted by Gasteiger charge is -2.12. The van der Waals surface area contributed by atoms with Crippen molar-refractivity contribution >= 4 is 17.3 Å². The third kappa shape index (κ3) is 4.54. The van der Waals surface area contributed by atoms with Crippen molar-refractivity contribution in [3.63, 3.8) is 0 Å². The quantitative estimate of drug-likeness (QED) is 0.645. The first-order chi connectivity index (χ1) is 11.9. The zero-order chi connectivity index (χ0) is 18.4. The van der Waals surface area contributed by atoms with Gasteiger partial charge >= 0.3 is 0 Å². The maximum Gasteiger partial charge on any atom is 0.270 e. The first-order valence-corrected chi connectivity index (χ1v) is 7.65. The third-order valence-corrected chi connectivity index (χ3v) is 3.64. The molecule has 0 atom stereocenters. The van der Waals surface area contributed by atoms with E-state index in [9.17, 15) is 14.9 Å². The zero-order valence-electron chi connectivity index (χ0n) is 14.0. The molecule has 0 aliphatic rings. The summed E-state index contributed by atoms with van der Waals surface area (Å²) in [7, 11) is 3.41. The Balaban J connectivity index is 2.04. The molecule has 1 N–H and O–H groups in total. The number of nitrogens with zero attached hydrogens (tertiary/aromatic N) is 3. The van der Waals surface area contributed by atoms with Crippen LogP contribution in [0.25, 0.3) is 0 Å². The van der Waals surface area contributed by atoms with Gasteiger partial charge in [0.2, 0.25) is 0 Å². The van der Waals surface area contributed by atoms with Crippen molar-refractivity contribution in [3.05, 3.63) is 69.3 Å². The predicted octanol–water partition coefficient (Wildman–Crippen LogP) is 2.82. The van der Waals surface area contributed by atoms with E-state index in [2.05, 4.69) is 5.32 Å². The fourth-order valence-electron chi connectivity index (χ4n) is 2.35. The molecule has 0 aromatic heterocycles. The van der Waals surface area contributed by atoms with E-state index in [4.69, 9.17) is 5.26 Å². The van der Waals surface area contributed by atoms with Gasteiger partial charge in [0.15, 0.2) is 0 Å². The summed E-state index contributed by atoms with van der Waals surface area (Å²) in [6.07, 6.45) is 0.649. The van der Waals surface area contributed by atoms with E-state index < -0.39 is 4.92 Å². The summed E-state index contributed by atoms with van der Waals surface area (Å²) in [6.45, 7) is 0.534. The highest BCUT2D eigenvalue weighted by Crippen LogP contribution is 2.21. The smallest absolute Gasteiger partial charge is 0.270 e. The van der Waals surface area contributed by atoms with Crippen LogP contribution in [0.2, 0.25) is 0 Å². The van der Waals surface area contributed by atoms with Crippen molar-refractivity contribution in [2.45, 2.75) is 6.42 Å². The topological polar surface area (TPSA) is 99.3 Å². The lowest BCUT2D eigenvalue weighted by Crippen LogP contribution is -2.21. The Morgan fingerprint density at radius 3 is 2.68 bits per heavy atom. The number of hydrogen-bond donors (Lipinski definition) is 1. The highest BCUT2D eigenvalue weighted by atomic mass is 16.6. The summed E-state index contributed by atoms with van der Waals surface area (Å²) in [5.41, 5.74) is 2.27. The SMILES string of the molecule is CN(C)C(=O)c1cccc(CCNc2ccc([N+](=O)[O-])cc2C#N)c1. The summed E-state index contributed by atoms with van der Waals surface area (Å²) < 4.78 is 0. The molecule has 25 heavy (non-hydrogen) atoms. The molecule has 1 amide bonds. The van der Waals surface area contributed by atoms with E-state index in [1.165, 1.54) is 23.1 Å². The standard InChI is InChI=1S/C18H18N4O3/c1-21(2)18(23)14-5-3-4-13(10-14)8-9-20-17-7-6-16(22(24)25)11-15(17)12-19/h3-7,10-11,20H,8-9H2,1-2H3. The lowest BCUT2D eigenvalue weighted by molar-refractivity contribution is -0.384. The van der Waals surface area contributed by atoms with Crippen LogP contribution in [0.15, 0.2) is 42.5 Å². The van der Waals surface area contributed by atoms with E-state index in [-0.39, 0.29) is 17.2 Å². The molecule has 7 heteroatoms. The second-order valence-corrected chi connectivity index (χ2v) is 5.68. The molecule has 0 unspecified atom stereocenters. The Hall–Kier alpha value is -3.40. The number of nitro benzene ring substituents is 1. The molecule has 7 nitrogen and oxygen atoms in total. The first kappa shape index (κ1) is 17.9. The Morgan fingerprint density at radius 1 is 1.28 bits per heavy atom. The van der Waals surface area contributed by atoms with Crippen molar-refractivity contribution in [2.24, 2.45) is 0 Å². The van der Waals surface area contributed by atoms with Crippen molar-refractivity contribution in [1.29, 1.82) is 5.26 Å². The molecular weight excluding hydrogens is 320 g/mol. The van der Waals surface area contributed by atoms with Crippen molar-refractivity contribution in [1.82, 2.24) is 4.90 Å². The van der Waals surface area contributed by atoms with Gasteiger partial charge < -0.3 is 10.2 Å². The molecule has 128 valence electrons. The number of nitro groups is 1. The third-order valence-electron chi connectivity index (χ3n) is 3.64. The average Bonchev–Trinajstić information content (AvgIpc) is 2.61. The molecule has 2 aromatic rings. The maximum absolute atomic E-state index is 12.0. The number of anilines is 1. The van der Waals surface area contributed by atoms with Gasteiger partial charge in [0.25, 0.3) is 11.6 Å². The Kier molecular flexibility index (Phi) is 5.69. The van der Waals surface area contributed by atoms with Gasteiger partial charge in [-0.15, -0.1) is 0 Å². The summed E-state index contributed by atoms with van der Waals surface area (Å²) >= 11 is 0. The summed E-state index contributed by atoms with van der Waals surface area (Å²) in [4.78, 5) is 23.7. The summed E-state index contributed by atoms with van der Waals surface area (Å²) in [6, 6.07) is 13.5. The molecule has 2 rings (SSSR count). The lowest BCUT2D eigenvalue weighted by atomic mass is 10.1. The van der Waals surface area contributed by atoms with Crippen LogP contribution in [-0.2, 0) is 6.42 Å². The number of amides is 1. The summed E-state index contributed by atoms with van der Waals surface area (Å²) in [5, 5.41) is 23.0. The Labute approximate surface area is 145 Å². The van der Waals surface area contributed by atoms with E-state index in [1.807, 2.05) is 24.3 Å². The van der Waals surface area contributed by atoms with Crippen molar-refractivity contribution < 1.29 is 9.72 Å². The van der Waals surface area contributed by atoms with Gasteiger partial charge in [-0.05, 0) is 30.2 Å². The van der Waals surface area contributed by atoms with Crippen LogP contribution in [0.5, 0.6) is 0 Å². The Bertz CT molecular complexity index is 840. The maximum atomic E-state index is 12.0. The van der Waals surface area contributed by atoms with Crippen molar-refractivity contribution in [3.8, 4) is 6.07 Å². The van der Waals surface area contributed by atoms with Crippen LogP contribution in [0.4, 0.5) is 11.4 Å². The minimum atomic E-state index is -0.530. The number of non-ortho nitro benzene ring substituents is 1. The fourth-order valence-corrected chi connectivity index (χ4v) is 2.35. The molecule has 0 fully saturated rings. The van der Waals surface area contributed by atoms with E-state index >= 15 is 0 Å².